The van der Waals surface area contributed by atoms with Crippen LogP contribution in [0.15, 0.2) is 30.7 Å². The Morgan fingerprint density at radius 1 is 1.44 bits per heavy atom. The van der Waals surface area contributed by atoms with Crippen LogP contribution < -0.4 is 5.32 Å². The smallest absolute Gasteiger partial charge is 0.255 e. The fourth-order valence-electron chi connectivity index (χ4n) is 1.71. The molecular formula is C13H16N4O. The third kappa shape index (κ3) is 2.40. The minimum Gasteiger partial charge on any atom is -0.345 e. The zero-order valence-corrected chi connectivity index (χ0v) is 10.7. The van der Waals surface area contributed by atoms with Crippen LogP contribution in [0.2, 0.25) is 0 Å². The first-order valence-corrected chi connectivity index (χ1v) is 5.79. The van der Waals surface area contributed by atoms with Gasteiger partial charge >= 0.3 is 0 Å². The topological polar surface area (TPSA) is 59.8 Å². The molecule has 0 aromatic carbocycles. The molecule has 0 saturated carbocycles. The minimum absolute atomic E-state index is 0.0780. The van der Waals surface area contributed by atoms with Crippen LogP contribution in [-0.2, 0) is 7.05 Å². The molecule has 1 amide bonds. The molecule has 1 atom stereocenters. The lowest BCUT2D eigenvalue weighted by molar-refractivity contribution is 0.0939. The Balaban J connectivity index is 2.11. The Bertz CT molecular complexity index is 547. The zero-order chi connectivity index (χ0) is 13.1. The number of amides is 1. The molecule has 5 heteroatoms. The van der Waals surface area contributed by atoms with Crippen molar-refractivity contribution in [1.82, 2.24) is 20.1 Å². The summed E-state index contributed by atoms with van der Waals surface area (Å²) in [6.45, 7) is 3.80. The van der Waals surface area contributed by atoms with Crippen LogP contribution in [0.4, 0.5) is 0 Å². The highest BCUT2D eigenvalue weighted by Crippen LogP contribution is 2.12. The van der Waals surface area contributed by atoms with Crippen LogP contribution in [0, 0.1) is 6.92 Å². The maximum Gasteiger partial charge on any atom is 0.255 e. The molecule has 1 N–H and O–H groups in total. The van der Waals surface area contributed by atoms with E-state index in [1.807, 2.05) is 33.0 Å². The van der Waals surface area contributed by atoms with Crippen molar-refractivity contribution in [2.24, 2.45) is 7.05 Å². The van der Waals surface area contributed by atoms with Gasteiger partial charge in [0.05, 0.1) is 17.8 Å². The molecule has 2 heterocycles. The van der Waals surface area contributed by atoms with Crippen molar-refractivity contribution in [3.8, 4) is 0 Å². The number of aromatic nitrogens is 3. The van der Waals surface area contributed by atoms with Gasteiger partial charge in [0, 0.05) is 25.1 Å². The van der Waals surface area contributed by atoms with Crippen LogP contribution in [0.25, 0.3) is 0 Å². The molecule has 2 rings (SSSR count). The summed E-state index contributed by atoms with van der Waals surface area (Å²) in [7, 11) is 1.82. The molecule has 0 aliphatic carbocycles. The van der Waals surface area contributed by atoms with Gasteiger partial charge in [-0.1, -0.05) is 6.07 Å². The van der Waals surface area contributed by atoms with E-state index in [0.717, 1.165) is 11.3 Å². The molecule has 18 heavy (non-hydrogen) atoms. The van der Waals surface area contributed by atoms with Crippen molar-refractivity contribution in [1.29, 1.82) is 0 Å². The van der Waals surface area contributed by atoms with Crippen LogP contribution >= 0.6 is 0 Å². The number of nitrogens with one attached hydrogen (secondary N) is 1. The van der Waals surface area contributed by atoms with E-state index >= 15 is 0 Å². The lowest BCUT2D eigenvalue weighted by atomic mass is 10.1. The van der Waals surface area contributed by atoms with Gasteiger partial charge in [-0.15, -0.1) is 0 Å². The van der Waals surface area contributed by atoms with Gasteiger partial charge in [-0.25, -0.2) is 0 Å². The predicted octanol–water partition coefficient (Wildman–Crippen LogP) is 1.61. The van der Waals surface area contributed by atoms with Crippen LogP contribution in [0.1, 0.15) is 34.6 Å². The van der Waals surface area contributed by atoms with E-state index in [4.69, 9.17) is 0 Å². The molecule has 0 radical (unpaired) electrons. The maximum atomic E-state index is 12.1. The molecule has 0 bridgehead atoms. The highest BCUT2D eigenvalue weighted by molar-refractivity contribution is 5.95. The first-order valence-electron chi connectivity index (χ1n) is 5.79. The van der Waals surface area contributed by atoms with Crippen molar-refractivity contribution in [2.45, 2.75) is 19.9 Å². The van der Waals surface area contributed by atoms with Crippen molar-refractivity contribution in [3.63, 3.8) is 0 Å². The van der Waals surface area contributed by atoms with Gasteiger partial charge in [0.25, 0.3) is 5.91 Å². The number of hydrogen-bond acceptors (Lipinski definition) is 3. The number of aryl methyl sites for hydroxylation is 1. The highest BCUT2D eigenvalue weighted by atomic mass is 16.1. The van der Waals surface area contributed by atoms with E-state index in [2.05, 4.69) is 15.4 Å². The average Bonchev–Trinajstić information content (AvgIpc) is 2.71. The fourth-order valence-corrected chi connectivity index (χ4v) is 1.71. The summed E-state index contributed by atoms with van der Waals surface area (Å²) >= 11 is 0. The SMILES string of the molecule is Cc1c(C(=O)N[C@@H](C)c2cccnc2)cnn1C. The molecule has 0 saturated heterocycles. The third-order valence-corrected chi connectivity index (χ3v) is 3.01. The molecule has 2 aromatic rings. The number of nitrogens with zero attached hydrogens (tertiary/aromatic N) is 3. The molecule has 0 fully saturated rings. The molecule has 0 aliphatic rings. The lowest BCUT2D eigenvalue weighted by Gasteiger charge is -2.13. The summed E-state index contributed by atoms with van der Waals surface area (Å²) in [4.78, 5) is 16.1. The Hall–Kier alpha value is -2.17. The third-order valence-electron chi connectivity index (χ3n) is 3.01. The molecule has 0 spiro atoms. The monoisotopic (exact) mass is 244 g/mol. The van der Waals surface area contributed by atoms with E-state index in [-0.39, 0.29) is 11.9 Å². The summed E-state index contributed by atoms with van der Waals surface area (Å²) in [5.74, 6) is -0.114. The molecule has 0 unspecified atom stereocenters. The molecule has 94 valence electrons. The number of carbonyl (C=O) groups excluding carboxylic acids is 1. The largest absolute Gasteiger partial charge is 0.345 e. The summed E-state index contributed by atoms with van der Waals surface area (Å²) in [6.07, 6.45) is 5.05. The second-order valence-corrected chi connectivity index (χ2v) is 4.25. The fraction of sp³-hybridized carbons (Fsp3) is 0.308. The number of rotatable bonds is 3. The summed E-state index contributed by atoms with van der Waals surface area (Å²) < 4.78 is 1.68. The van der Waals surface area contributed by atoms with Gasteiger partial charge in [-0.3, -0.25) is 14.5 Å². The first kappa shape index (κ1) is 12.3. The molecule has 0 aliphatic heterocycles. The Morgan fingerprint density at radius 3 is 2.78 bits per heavy atom. The van der Waals surface area contributed by atoms with Gasteiger partial charge in [-0.2, -0.15) is 5.10 Å². The molecule has 5 nitrogen and oxygen atoms in total. The number of hydrogen-bond donors (Lipinski definition) is 1. The van der Waals surface area contributed by atoms with Gasteiger partial charge in [0.2, 0.25) is 0 Å². The number of pyridine rings is 1. The Morgan fingerprint density at radius 2 is 2.22 bits per heavy atom. The second-order valence-electron chi connectivity index (χ2n) is 4.25. The quantitative estimate of drug-likeness (QED) is 0.892. The second kappa shape index (κ2) is 5.00. The standard InChI is InChI=1S/C13H16N4O/c1-9(11-5-4-6-14-7-11)16-13(18)12-8-15-17(3)10(12)2/h4-9H,1-3H3,(H,16,18)/t9-/m0/s1. The Kier molecular flexibility index (Phi) is 3.41. The van der Waals surface area contributed by atoms with E-state index < -0.39 is 0 Å². The zero-order valence-electron chi connectivity index (χ0n) is 10.7. The number of carbonyl (C=O) groups is 1. The molecule has 2 aromatic heterocycles. The summed E-state index contributed by atoms with van der Waals surface area (Å²) in [5.41, 5.74) is 2.44. The minimum atomic E-state index is -0.114. The van der Waals surface area contributed by atoms with Gasteiger partial charge in [-0.05, 0) is 25.5 Å². The van der Waals surface area contributed by atoms with E-state index in [0.29, 0.717) is 5.56 Å². The van der Waals surface area contributed by atoms with Crippen molar-refractivity contribution in [3.05, 3.63) is 47.5 Å². The van der Waals surface area contributed by atoms with Crippen molar-refractivity contribution in [2.75, 3.05) is 0 Å². The average molecular weight is 244 g/mol. The van der Waals surface area contributed by atoms with Gasteiger partial charge < -0.3 is 5.32 Å². The van der Waals surface area contributed by atoms with Crippen LogP contribution in [-0.4, -0.2) is 20.7 Å². The van der Waals surface area contributed by atoms with E-state index in [1.54, 1.807) is 23.3 Å². The maximum absolute atomic E-state index is 12.1. The molecular weight excluding hydrogens is 228 g/mol. The first-order chi connectivity index (χ1) is 8.59. The van der Waals surface area contributed by atoms with Crippen molar-refractivity contribution < 1.29 is 4.79 Å². The van der Waals surface area contributed by atoms with Crippen LogP contribution in [0.5, 0.6) is 0 Å². The Labute approximate surface area is 106 Å². The van der Waals surface area contributed by atoms with Gasteiger partial charge in [0.1, 0.15) is 0 Å². The lowest BCUT2D eigenvalue weighted by Crippen LogP contribution is -2.27. The predicted molar refractivity (Wildman–Crippen MR) is 68.1 cm³/mol. The van der Waals surface area contributed by atoms with E-state index in [9.17, 15) is 4.79 Å². The van der Waals surface area contributed by atoms with Gasteiger partial charge in [0.15, 0.2) is 0 Å². The normalized spacial score (nSPS) is 12.2. The van der Waals surface area contributed by atoms with Crippen LogP contribution in [0.3, 0.4) is 0 Å². The van der Waals surface area contributed by atoms with Crippen molar-refractivity contribution >= 4 is 5.91 Å². The summed E-state index contributed by atoms with van der Waals surface area (Å²) in [6, 6.07) is 3.72. The highest BCUT2D eigenvalue weighted by Gasteiger charge is 2.15. The summed E-state index contributed by atoms with van der Waals surface area (Å²) in [5, 5.41) is 7.00. The van der Waals surface area contributed by atoms with E-state index in [1.165, 1.54) is 0 Å².